The topological polar surface area (TPSA) is 158 Å². The molecule has 2 N–H and O–H groups in total. The maximum absolute atomic E-state index is 13.4. The number of hydrogen-bond acceptors (Lipinski definition) is 8. The van der Waals surface area contributed by atoms with Gasteiger partial charge in [-0.25, -0.2) is 9.78 Å². The molecule has 3 fully saturated rings. The molecule has 0 radical (unpaired) electrons. The van der Waals surface area contributed by atoms with E-state index in [-0.39, 0.29) is 41.3 Å². The van der Waals surface area contributed by atoms with Gasteiger partial charge in [-0.05, 0) is 99.7 Å². The van der Waals surface area contributed by atoms with Crippen molar-refractivity contribution in [1.29, 1.82) is 0 Å². The number of aryl methyl sites for hydroxylation is 1. The van der Waals surface area contributed by atoms with Crippen molar-refractivity contribution in [3.8, 4) is 0 Å². The molecule has 0 bridgehead atoms. The molecule has 0 spiro atoms. The summed E-state index contributed by atoms with van der Waals surface area (Å²) in [5, 5.41) is 10.1. The summed E-state index contributed by atoms with van der Waals surface area (Å²) in [7, 11) is 3.21. The lowest BCUT2D eigenvalue weighted by atomic mass is 9.84. The molecule has 17 heteroatoms. The third kappa shape index (κ3) is 6.92. The molecule has 4 aromatic heterocycles. The molecule has 1 aromatic carbocycles. The predicted molar refractivity (Wildman–Crippen MR) is 200 cm³/mol. The van der Waals surface area contributed by atoms with Crippen LogP contribution in [0, 0.1) is 5.92 Å². The van der Waals surface area contributed by atoms with Gasteiger partial charge in [0.1, 0.15) is 23.2 Å². The average molecular weight is 774 g/mol. The Morgan fingerprint density at radius 1 is 0.929 bits per heavy atom. The van der Waals surface area contributed by atoms with Crippen LogP contribution in [-0.4, -0.2) is 70.7 Å². The summed E-state index contributed by atoms with van der Waals surface area (Å²) in [5.41, 5.74) is 0.614. The summed E-state index contributed by atoms with van der Waals surface area (Å²) in [6.07, 6.45) is 3.25. The number of imidazole rings is 1. The third-order valence-electron chi connectivity index (χ3n) is 11.8. The molecule has 56 heavy (non-hydrogen) atoms. The van der Waals surface area contributed by atoms with Crippen LogP contribution in [-0.2, 0) is 29.9 Å². The van der Waals surface area contributed by atoms with E-state index in [1.807, 2.05) is 16.8 Å². The summed E-state index contributed by atoms with van der Waals surface area (Å²) >= 11 is 0. The Hall–Kier alpha value is -5.58. The van der Waals surface area contributed by atoms with Crippen LogP contribution in [0.25, 0.3) is 21.9 Å². The van der Waals surface area contributed by atoms with Gasteiger partial charge in [0.15, 0.2) is 5.52 Å². The number of fused-ring (bicyclic) bond motifs is 2. The van der Waals surface area contributed by atoms with E-state index >= 15 is 0 Å². The summed E-state index contributed by atoms with van der Waals surface area (Å²) in [6.45, 7) is 2.85. The standard InChI is InChI=1S/C39H42F3N9O5/c1-47-31(44-35(53)27-6-4-8-30(43-27)39(40,41)42)19-24-21-50(46-33(24)37(47)55)25-11-9-22(10-12-25)20-49-17-15-23(16-18-49)26-5-3-7-28-34(26)48(2)38(56)51(28)29-13-14-32(52)45-36(29)54/h3-8,19,21-23,25,29H,9-18,20H2,1-2H3,(H,44,53)(H,45,52,54). The molecule has 1 atom stereocenters. The molecule has 3 aliphatic rings. The number of aromatic nitrogens is 6. The molecule has 8 rings (SSSR count). The second-order valence-corrected chi connectivity index (χ2v) is 15.3. The zero-order valence-corrected chi connectivity index (χ0v) is 31.0. The number of rotatable bonds is 7. The zero-order chi connectivity index (χ0) is 39.5. The Morgan fingerprint density at radius 2 is 1.66 bits per heavy atom. The van der Waals surface area contributed by atoms with Crippen LogP contribution < -0.4 is 21.9 Å². The molecule has 5 aromatic rings. The first-order valence-electron chi connectivity index (χ1n) is 19.0. The van der Waals surface area contributed by atoms with Crippen molar-refractivity contribution in [1.82, 2.24) is 38.7 Å². The van der Waals surface area contributed by atoms with E-state index in [4.69, 9.17) is 0 Å². The fourth-order valence-corrected chi connectivity index (χ4v) is 8.81. The number of imide groups is 1. The number of alkyl halides is 3. The normalized spacial score (nSPS) is 21.5. The summed E-state index contributed by atoms with van der Waals surface area (Å²) in [6, 6.07) is 9.95. The SMILES string of the molecule is Cn1c(NC(=O)c2cccc(C(F)(F)F)n2)cc2cn(C3CCC(CN4CCC(c5cccc6c5n(C)c(=O)n6C5CCC(=O)NC5=O)CC4)CC3)nc2c1=O. The van der Waals surface area contributed by atoms with Gasteiger partial charge in [0.25, 0.3) is 11.5 Å². The van der Waals surface area contributed by atoms with Crippen molar-refractivity contribution < 1.29 is 27.6 Å². The van der Waals surface area contributed by atoms with Gasteiger partial charge in [0, 0.05) is 38.6 Å². The molecule has 1 aliphatic carbocycles. The summed E-state index contributed by atoms with van der Waals surface area (Å²) < 4.78 is 45.7. The number of para-hydroxylation sites is 1. The number of nitrogens with zero attached hydrogens (tertiary/aromatic N) is 7. The second-order valence-electron chi connectivity index (χ2n) is 15.3. The predicted octanol–water partition coefficient (Wildman–Crippen LogP) is 4.64. The number of carbonyl (C=O) groups is 3. The maximum atomic E-state index is 13.4. The number of hydrogen-bond donors (Lipinski definition) is 2. The lowest BCUT2D eigenvalue weighted by Crippen LogP contribution is -2.44. The second kappa shape index (κ2) is 14.5. The van der Waals surface area contributed by atoms with Crippen LogP contribution in [0.2, 0.25) is 0 Å². The van der Waals surface area contributed by atoms with E-state index < -0.39 is 41.0 Å². The van der Waals surface area contributed by atoms with Gasteiger partial charge in [-0.2, -0.15) is 18.3 Å². The molecule has 294 valence electrons. The van der Waals surface area contributed by atoms with Crippen LogP contribution in [0.1, 0.15) is 91.1 Å². The average Bonchev–Trinajstić information content (AvgIpc) is 3.72. The van der Waals surface area contributed by atoms with Crippen LogP contribution in [0.4, 0.5) is 19.0 Å². The number of halogens is 3. The Labute approximate surface area is 318 Å². The molecular formula is C39H42F3N9O5. The van der Waals surface area contributed by atoms with Crippen molar-refractivity contribution >= 4 is 45.5 Å². The quantitative estimate of drug-likeness (QED) is 0.227. The minimum absolute atomic E-state index is 0.0982. The number of piperidine rings is 2. The molecule has 1 unspecified atom stereocenters. The maximum Gasteiger partial charge on any atom is 0.433 e. The highest BCUT2D eigenvalue weighted by molar-refractivity contribution is 6.03. The van der Waals surface area contributed by atoms with Crippen molar-refractivity contribution in [3.63, 3.8) is 0 Å². The van der Waals surface area contributed by atoms with Crippen LogP contribution in [0.15, 0.2) is 58.3 Å². The van der Waals surface area contributed by atoms with Crippen molar-refractivity contribution in [3.05, 3.63) is 86.5 Å². The Balaban J connectivity index is 0.883. The van der Waals surface area contributed by atoms with Crippen LogP contribution >= 0.6 is 0 Å². The van der Waals surface area contributed by atoms with Gasteiger partial charge in [-0.3, -0.25) is 42.9 Å². The highest BCUT2D eigenvalue weighted by Crippen LogP contribution is 2.37. The number of pyridine rings is 2. The first-order valence-corrected chi connectivity index (χ1v) is 19.0. The monoisotopic (exact) mass is 773 g/mol. The smallest absolute Gasteiger partial charge is 0.307 e. The first kappa shape index (κ1) is 37.3. The summed E-state index contributed by atoms with van der Waals surface area (Å²) in [4.78, 5) is 69.9. The van der Waals surface area contributed by atoms with Crippen molar-refractivity contribution in [2.45, 2.75) is 75.5 Å². The van der Waals surface area contributed by atoms with E-state index in [0.29, 0.717) is 23.2 Å². The largest absolute Gasteiger partial charge is 0.433 e. The first-order chi connectivity index (χ1) is 26.8. The number of nitrogens with one attached hydrogen (secondary N) is 2. The van der Waals surface area contributed by atoms with E-state index in [2.05, 4.69) is 31.7 Å². The van der Waals surface area contributed by atoms with E-state index in [0.717, 1.165) is 81.4 Å². The van der Waals surface area contributed by atoms with E-state index in [1.54, 1.807) is 28.4 Å². The minimum Gasteiger partial charge on any atom is -0.307 e. The lowest BCUT2D eigenvalue weighted by Gasteiger charge is -2.37. The molecule has 1 saturated carbocycles. The van der Waals surface area contributed by atoms with Crippen LogP contribution in [0.3, 0.4) is 0 Å². The molecule has 6 heterocycles. The minimum atomic E-state index is -4.70. The number of carbonyl (C=O) groups excluding carboxylic acids is 3. The molecule has 2 aliphatic heterocycles. The van der Waals surface area contributed by atoms with Gasteiger partial charge in [-0.1, -0.05) is 18.2 Å². The van der Waals surface area contributed by atoms with E-state index in [1.165, 1.54) is 17.7 Å². The van der Waals surface area contributed by atoms with Crippen molar-refractivity contribution in [2.75, 3.05) is 25.0 Å². The van der Waals surface area contributed by atoms with Crippen molar-refractivity contribution in [2.24, 2.45) is 20.0 Å². The van der Waals surface area contributed by atoms with Gasteiger partial charge >= 0.3 is 11.9 Å². The Morgan fingerprint density at radius 3 is 2.38 bits per heavy atom. The number of benzene rings is 1. The highest BCUT2D eigenvalue weighted by atomic mass is 19.4. The zero-order valence-electron chi connectivity index (χ0n) is 31.0. The summed E-state index contributed by atoms with van der Waals surface area (Å²) in [5.74, 6) is -0.734. The van der Waals surface area contributed by atoms with Gasteiger partial charge in [0.2, 0.25) is 11.8 Å². The number of anilines is 1. The molecule has 2 saturated heterocycles. The Bertz CT molecular complexity index is 2480. The third-order valence-corrected chi connectivity index (χ3v) is 11.8. The fourth-order valence-electron chi connectivity index (χ4n) is 8.81. The molecule has 14 nitrogen and oxygen atoms in total. The fraction of sp³-hybridized carbons (Fsp3) is 0.462. The number of amides is 3. The van der Waals surface area contributed by atoms with Gasteiger partial charge in [0.05, 0.1) is 17.1 Å². The lowest BCUT2D eigenvalue weighted by molar-refractivity contribution is -0.141. The van der Waals surface area contributed by atoms with E-state index in [9.17, 15) is 37.1 Å². The van der Waals surface area contributed by atoms with Gasteiger partial charge < -0.3 is 10.2 Å². The number of likely N-dealkylation sites (tertiary alicyclic amines) is 1. The van der Waals surface area contributed by atoms with Gasteiger partial charge in [-0.15, -0.1) is 0 Å². The van der Waals surface area contributed by atoms with Crippen LogP contribution in [0.5, 0.6) is 0 Å². The molecule has 3 amide bonds. The highest BCUT2D eigenvalue weighted by Gasteiger charge is 2.35. The Kier molecular flexibility index (Phi) is 9.66. The molecular weight excluding hydrogens is 731 g/mol.